The number of aryl methyl sites for hydroxylation is 1. The molecule has 3 atom stereocenters. The molecule has 2 aromatic rings. The fourth-order valence-corrected chi connectivity index (χ4v) is 4.38. The van der Waals surface area contributed by atoms with Crippen molar-refractivity contribution in [2.45, 2.75) is 32.2 Å². The Hall–Kier alpha value is -2.63. The number of nitrogens with zero attached hydrogens (tertiary/aromatic N) is 3. The van der Waals surface area contributed by atoms with E-state index >= 15 is 0 Å². The summed E-state index contributed by atoms with van der Waals surface area (Å²) >= 11 is 0. The first-order valence-electron chi connectivity index (χ1n) is 8.71. The van der Waals surface area contributed by atoms with Crippen LogP contribution in [0.2, 0.25) is 0 Å². The molecule has 4 rings (SSSR count). The van der Waals surface area contributed by atoms with Crippen LogP contribution in [0.25, 0.3) is 5.69 Å². The molecule has 2 aliphatic rings. The lowest BCUT2D eigenvalue weighted by molar-refractivity contribution is -0.142. The Morgan fingerprint density at radius 2 is 1.92 bits per heavy atom. The third kappa shape index (κ3) is 2.62. The maximum absolute atomic E-state index is 12.9. The van der Waals surface area contributed by atoms with Gasteiger partial charge in [0.1, 0.15) is 6.04 Å². The van der Waals surface area contributed by atoms with Crippen LogP contribution >= 0.6 is 0 Å². The zero-order valence-corrected chi connectivity index (χ0v) is 14.1. The fraction of sp³-hybridized carbons (Fsp3) is 0.421. The van der Waals surface area contributed by atoms with Gasteiger partial charge in [-0.2, -0.15) is 5.10 Å². The number of hydrogen-bond donors (Lipinski definition) is 1. The lowest BCUT2D eigenvalue weighted by atomic mass is 9.94. The van der Waals surface area contributed by atoms with Crippen molar-refractivity contribution in [1.82, 2.24) is 14.7 Å². The molecule has 0 radical (unpaired) electrons. The minimum absolute atomic E-state index is 0.104. The van der Waals surface area contributed by atoms with Gasteiger partial charge in [0, 0.05) is 24.0 Å². The van der Waals surface area contributed by atoms with Gasteiger partial charge in [-0.3, -0.25) is 4.79 Å². The van der Waals surface area contributed by atoms with Gasteiger partial charge in [-0.15, -0.1) is 0 Å². The normalized spacial score (nSPS) is 25.2. The number of carbonyl (C=O) groups excluding carboxylic acids is 1. The van der Waals surface area contributed by atoms with Gasteiger partial charge in [-0.1, -0.05) is 6.42 Å². The number of carbonyl (C=O) groups is 2. The van der Waals surface area contributed by atoms with Gasteiger partial charge in [0.15, 0.2) is 0 Å². The Morgan fingerprint density at radius 1 is 1.16 bits per heavy atom. The van der Waals surface area contributed by atoms with Gasteiger partial charge in [0.25, 0.3) is 5.91 Å². The van der Waals surface area contributed by atoms with Crippen LogP contribution in [-0.2, 0) is 4.79 Å². The molecule has 2 fully saturated rings. The molecular formula is C19H21N3O3. The summed E-state index contributed by atoms with van der Waals surface area (Å²) in [5.74, 6) is -0.638. The smallest absolute Gasteiger partial charge is 0.326 e. The van der Waals surface area contributed by atoms with Crippen molar-refractivity contribution in [3.8, 4) is 5.69 Å². The fourth-order valence-electron chi connectivity index (χ4n) is 4.38. The summed E-state index contributed by atoms with van der Waals surface area (Å²) < 4.78 is 1.80. The average Bonchev–Trinajstić information content (AvgIpc) is 3.29. The van der Waals surface area contributed by atoms with E-state index in [-0.39, 0.29) is 11.8 Å². The molecular weight excluding hydrogens is 318 g/mol. The number of carboxylic acid groups (broad SMARTS) is 1. The number of aromatic nitrogens is 2. The summed E-state index contributed by atoms with van der Waals surface area (Å²) in [7, 11) is 0. The first-order chi connectivity index (χ1) is 12.1. The number of likely N-dealkylation sites (tertiary alicyclic amines) is 1. The molecule has 1 aromatic heterocycles. The molecule has 1 aromatic carbocycles. The molecule has 0 spiro atoms. The summed E-state index contributed by atoms with van der Waals surface area (Å²) in [6.07, 6.45) is 4.73. The van der Waals surface area contributed by atoms with Crippen LogP contribution in [0.15, 0.2) is 36.5 Å². The molecule has 1 N–H and O–H groups in total. The van der Waals surface area contributed by atoms with Crippen molar-refractivity contribution in [2.24, 2.45) is 11.8 Å². The summed E-state index contributed by atoms with van der Waals surface area (Å²) in [4.78, 5) is 26.2. The van der Waals surface area contributed by atoms with E-state index in [9.17, 15) is 14.7 Å². The second-order valence-corrected chi connectivity index (χ2v) is 7.03. The van der Waals surface area contributed by atoms with Crippen molar-refractivity contribution >= 4 is 11.9 Å². The minimum Gasteiger partial charge on any atom is -0.480 e. The van der Waals surface area contributed by atoms with E-state index in [0.717, 1.165) is 30.6 Å². The average molecular weight is 339 g/mol. The Labute approximate surface area is 146 Å². The van der Waals surface area contributed by atoms with Crippen molar-refractivity contribution in [3.63, 3.8) is 0 Å². The highest BCUT2D eigenvalue weighted by molar-refractivity contribution is 5.97. The van der Waals surface area contributed by atoms with E-state index in [1.165, 1.54) is 0 Å². The Kier molecular flexibility index (Phi) is 3.82. The minimum atomic E-state index is -0.883. The van der Waals surface area contributed by atoms with Crippen molar-refractivity contribution in [1.29, 1.82) is 0 Å². The predicted octanol–water partition coefficient (Wildman–Crippen LogP) is 2.51. The lowest BCUT2D eigenvalue weighted by Crippen LogP contribution is -2.43. The van der Waals surface area contributed by atoms with Gasteiger partial charge < -0.3 is 10.0 Å². The number of aliphatic carboxylic acids is 1. The number of carboxylic acids is 1. The molecule has 0 bridgehead atoms. The van der Waals surface area contributed by atoms with Crippen LogP contribution < -0.4 is 0 Å². The predicted molar refractivity (Wildman–Crippen MR) is 91.6 cm³/mol. The SMILES string of the molecule is Cc1ccnn1-c1ccc(C(=O)N2CC3CCCC3C2C(=O)O)cc1. The topological polar surface area (TPSA) is 75.4 Å². The van der Waals surface area contributed by atoms with Crippen LogP contribution in [-0.4, -0.2) is 44.3 Å². The summed E-state index contributed by atoms with van der Waals surface area (Å²) in [5.41, 5.74) is 2.42. The molecule has 6 heteroatoms. The molecule has 1 saturated heterocycles. The third-order valence-electron chi connectivity index (χ3n) is 5.60. The van der Waals surface area contributed by atoms with Crippen molar-refractivity contribution in [3.05, 3.63) is 47.8 Å². The maximum Gasteiger partial charge on any atom is 0.326 e. The summed E-state index contributed by atoms with van der Waals surface area (Å²) in [6, 6.07) is 8.43. The summed E-state index contributed by atoms with van der Waals surface area (Å²) in [6.45, 7) is 2.52. The zero-order chi connectivity index (χ0) is 17.6. The number of fused-ring (bicyclic) bond motifs is 1. The van der Waals surface area contributed by atoms with Crippen LogP contribution in [0, 0.1) is 18.8 Å². The Bertz CT molecular complexity index is 812. The molecule has 130 valence electrons. The van der Waals surface area contributed by atoms with Crippen LogP contribution in [0.5, 0.6) is 0 Å². The van der Waals surface area contributed by atoms with Gasteiger partial charge in [-0.05, 0) is 61.9 Å². The second-order valence-electron chi connectivity index (χ2n) is 7.03. The van der Waals surface area contributed by atoms with E-state index in [4.69, 9.17) is 0 Å². The summed E-state index contributed by atoms with van der Waals surface area (Å²) in [5, 5.41) is 13.9. The highest BCUT2D eigenvalue weighted by atomic mass is 16.4. The highest BCUT2D eigenvalue weighted by Crippen LogP contribution is 2.42. The van der Waals surface area contributed by atoms with E-state index in [1.807, 2.05) is 25.1 Å². The van der Waals surface area contributed by atoms with Crippen LogP contribution in [0.3, 0.4) is 0 Å². The molecule has 25 heavy (non-hydrogen) atoms. The standard InChI is InChI=1S/C19H21N3O3/c1-12-9-10-20-22(12)15-7-5-13(6-8-15)18(23)21-11-14-3-2-4-16(14)17(21)19(24)25/h5-10,14,16-17H,2-4,11H2,1H3,(H,24,25). The quantitative estimate of drug-likeness (QED) is 0.932. The molecule has 2 heterocycles. The lowest BCUT2D eigenvalue weighted by Gasteiger charge is -2.24. The highest BCUT2D eigenvalue weighted by Gasteiger charge is 2.49. The molecule has 3 unspecified atom stereocenters. The molecule has 1 amide bonds. The van der Waals surface area contributed by atoms with Crippen LogP contribution in [0.1, 0.15) is 35.3 Å². The number of rotatable bonds is 3. The van der Waals surface area contributed by atoms with E-state index in [0.29, 0.717) is 18.0 Å². The van der Waals surface area contributed by atoms with E-state index in [2.05, 4.69) is 5.10 Å². The second kappa shape index (κ2) is 6.02. The monoisotopic (exact) mass is 339 g/mol. The number of hydrogen-bond acceptors (Lipinski definition) is 3. The van der Waals surface area contributed by atoms with Gasteiger partial charge >= 0.3 is 5.97 Å². The maximum atomic E-state index is 12.9. The first kappa shape index (κ1) is 15.9. The van der Waals surface area contributed by atoms with Gasteiger partial charge in [0.2, 0.25) is 0 Å². The molecule has 1 aliphatic heterocycles. The molecule has 1 saturated carbocycles. The number of amides is 1. The third-order valence-corrected chi connectivity index (χ3v) is 5.60. The molecule has 6 nitrogen and oxygen atoms in total. The largest absolute Gasteiger partial charge is 0.480 e. The van der Waals surface area contributed by atoms with Gasteiger partial charge in [-0.25, -0.2) is 9.48 Å². The van der Waals surface area contributed by atoms with Crippen molar-refractivity contribution in [2.75, 3.05) is 6.54 Å². The first-order valence-corrected chi connectivity index (χ1v) is 8.71. The van der Waals surface area contributed by atoms with E-state index < -0.39 is 12.0 Å². The Morgan fingerprint density at radius 3 is 2.56 bits per heavy atom. The Balaban J connectivity index is 1.58. The van der Waals surface area contributed by atoms with Crippen molar-refractivity contribution < 1.29 is 14.7 Å². The van der Waals surface area contributed by atoms with Crippen LogP contribution in [0.4, 0.5) is 0 Å². The van der Waals surface area contributed by atoms with Gasteiger partial charge in [0.05, 0.1) is 5.69 Å². The van der Waals surface area contributed by atoms with E-state index in [1.54, 1.807) is 27.9 Å². The zero-order valence-electron chi connectivity index (χ0n) is 14.1. The molecule has 1 aliphatic carbocycles. The number of benzene rings is 1.